The van der Waals surface area contributed by atoms with Gasteiger partial charge in [0, 0.05) is 5.69 Å². The Labute approximate surface area is 98.8 Å². The van der Waals surface area contributed by atoms with E-state index in [-0.39, 0.29) is 12.5 Å². The molecule has 5 nitrogen and oxygen atoms in total. The Balaban J connectivity index is 2.46. The van der Waals surface area contributed by atoms with Crippen molar-refractivity contribution in [3.8, 4) is 0 Å². The highest BCUT2D eigenvalue weighted by Crippen LogP contribution is 2.30. The maximum absolute atomic E-state index is 11.8. The van der Waals surface area contributed by atoms with Gasteiger partial charge >= 0.3 is 5.97 Å². The minimum Gasteiger partial charge on any atom is -0.480 e. The molecule has 0 bridgehead atoms. The van der Waals surface area contributed by atoms with Gasteiger partial charge in [0.25, 0.3) is 0 Å². The van der Waals surface area contributed by atoms with Gasteiger partial charge in [0.2, 0.25) is 5.91 Å². The molecule has 1 amide bonds. The third kappa shape index (κ3) is 2.01. The van der Waals surface area contributed by atoms with Crippen LogP contribution in [0, 0.1) is 0 Å². The Morgan fingerprint density at radius 1 is 1.41 bits per heavy atom. The van der Waals surface area contributed by atoms with Crippen molar-refractivity contribution in [2.45, 2.75) is 18.9 Å². The maximum Gasteiger partial charge on any atom is 0.326 e. The number of nitrogens with two attached hydrogens (primary N) is 1. The van der Waals surface area contributed by atoms with Crippen molar-refractivity contribution >= 4 is 17.6 Å². The number of hydrogen-bond acceptors (Lipinski definition) is 3. The van der Waals surface area contributed by atoms with E-state index >= 15 is 0 Å². The van der Waals surface area contributed by atoms with E-state index < -0.39 is 12.0 Å². The van der Waals surface area contributed by atoms with E-state index in [0.29, 0.717) is 18.5 Å². The number of rotatable bonds is 2. The van der Waals surface area contributed by atoms with Crippen molar-refractivity contribution < 1.29 is 14.7 Å². The standard InChI is InChI=1S/C12H14N2O3/c13-7-11(15)14-9-4-2-1-3-8(9)5-6-10(14)12(16)17/h1-4,10H,5-7,13H2,(H,16,17). The molecular formula is C12H14N2O3. The second kappa shape index (κ2) is 4.55. The smallest absolute Gasteiger partial charge is 0.326 e. The topological polar surface area (TPSA) is 83.6 Å². The number of hydrogen-bond donors (Lipinski definition) is 2. The maximum atomic E-state index is 11.8. The van der Waals surface area contributed by atoms with Gasteiger partial charge in [-0.1, -0.05) is 18.2 Å². The number of carbonyl (C=O) groups excluding carboxylic acids is 1. The van der Waals surface area contributed by atoms with Crippen molar-refractivity contribution in [2.24, 2.45) is 5.73 Å². The van der Waals surface area contributed by atoms with Crippen LogP contribution in [0.25, 0.3) is 0 Å². The van der Waals surface area contributed by atoms with Gasteiger partial charge in [-0.25, -0.2) is 4.79 Å². The van der Waals surface area contributed by atoms with E-state index in [1.54, 1.807) is 12.1 Å². The minimum absolute atomic E-state index is 0.182. The zero-order chi connectivity index (χ0) is 12.4. The van der Waals surface area contributed by atoms with Gasteiger partial charge in [-0.3, -0.25) is 9.69 Å². The summed E-state index contributed by atoms with van der Waals surface area (Å²) in [5.74, 6) is -1.34. The molecule has 0 aliphatic carbocycles. The van der Waals surface area contributed by atoms with E-state index in [4.69, 9.17) is 10.8 Å². The predicted octanol–water partition coefficient (Wildman–Crippen LogP) is 0.378. The lowest BCUT2D eigenvalue weighted by molar-refractivity contribution is -0.140. The molecule has 0 spiro atoms. The van der Waals surface area contributed by atoms with Crippen LogP contribution in [-0.4, -0.2) is 29.6 Å². The molecule has 1 aromatic carbocycles. The normalized spacial score (nSPS) is 18.6. The Morgan fingerprint density at radius 3 is 2.76 bits per heavy atom. The summed E-state index contributed by atoms with van der Waals surface area (Å²) in [5.41, 5.74) is 7.00. The van der Waals surface area contributed by atoms with Gasteiger partial charge in [-0.05, 0) is 24.5 Å². The number of anilines is 1. The molecule has 0 saturated heterocycles. The van der Waals surface area contributed by atoms with Gasteiger partial charge < -0.3 is 10.8 Å². The molecule has 3 N–H and O–H groups in total. The average Bonchev–Trinajstić information content (AvgIpc) is 2.36. The summed E-state index contributed by atoms with van der Waals surface area (Å²) in [6.07, 6.45) is 1.10. The Kier molecular flexibility index (Phi) is 3.10. The Hall–Kier alpha value is -1.88. The van der Waals surface area contributed by atoms with Gasteiger partial charge in [0.05, 0.1) is 6.54 Å². The quantitative estimate of drug-likeness (QED) is 0.774. The lowest BCUT2D eigenvalue weighted by Crippen LogP contribution is -2.50. The summed E-state index contributed by atoms with van der Waals surface area (Å²) in [5, 5.41) is 9.14. The highest BCUT2D eigenvalue weighted by Gasteiger charge is 2.34. The third-order valence-electron chi connectivity index (χ3n) is 2.98. The first-order valence-corrected chi connectivity index (χ1v) is 5.48. The molecule has 17 heavy (non-hydrogen) atoms. The number of carboxylic acids is 1. The second-order valence-corrected chi connectivity index (χ2v) is 3.99. The zero-order valence-electron chi connectivity index (χ0n) is 9.30. The first kappa shape index (κ1) is 11.6. The fourth-order valence-corrected chi connectivity index (χ4v) is 2.19. The van der Waals surface area contributed by atoms with Crippen molar-refractivity contribution in [2.75, 3.05) is 11.4 Å². The van der Waals surface area contributed by atoms with Gasteiger partial charge in [-0.15, -0.1) is 0 Å². The molecule has 5 heteroatoms. The number of amides is 1. The van der Waals surface area contributed by atoms with Crippen LogP contribution < -0.4 is 10.6 Å². The van der Waals surface area contributed by atoms with E-state index in [9.17, 15) is 9.59 Å². The highest BCUT2D eigenvalue weighted by atomic mass is 16.4. The fraction of sp³-hybridized carbons (Fsp3) is 0.333. The summed E-state index contributed by atoms with van der Waals surface area (Å²) in [4.78, 5) is 24.2. The summed E-state index contributed by atoms with van der Waals surface area (Å²) < 4.78 is 0. The van der Waals surface area contributed by atoms with E-state index in [2.05, 4.69) is 0 Å². The molecule has 0 aromatic heterocycles. The number of fused-ring (bicyclic) bond motifs is 1. The molecule has 1 unspecified atom stereocenters. The van der Waals surface area contributed by atoms with Crippen LogP contribution in [-0.2, 0) is 16.0 Å². The van der Waals surface area contributed by atoms with E-state index in [1.165, 1.54) is 4.90 Å². The number of aliphatic carboxylic acids is 1. The van der Waals surface area contributed by atoms with E-state index in [1.807, 2.05) is 12.1 Å². The third-order valence-corrected chi connectivity index (χ3v) is 2.98. The van der Waals surface area contributed by atoms with Crippen LogP contribution in [0.3, 0.4) is 0 Å². The minimum atomic E-state index is -0.985. The number of benzene rings is 1. The molecule has 0 radical (unpaired) electrons. The van der Waals surface area contributed by atoms with Crippen molar-refractivity contribution in [3.05, 3.63) is 29.8 Å². The molecule has 1 aliphatic rings. The molecular weight excluding hydrogens is 220 g/mol. The van der Waals surface area contributed by atoms with Crippen molar-refractivity contribution in [1.82, 2.24) is 0 Å². The molecule has 1 aromatic rings. The van der Waals surface area contributed by atoms with Crippen LogP contribution in [0.5, 0.6) is 0 Å². The number of para-hydroxylation sites is 1. The molecule has 0 fully saturated rings. The lowest BCUT2D eigenvalue weighted by Gasteiger charge is -2.34. The number of carbonyl (C=O) groups is 2. The number of carboxylic acid groups (broad SMARTS) is 1. The first-order chi connectivity index (χ1) is 8.15. The summed E-state index contributed by atoms with van der Waals surface area (Å²) in [7, 11) is 0. The molecule has 1 atom stereocenters. The summed E-state index contributed by atoms with van der Waals surface area (Å²) >= 11 is 0. The van der Waals surface area contributed by atoms with Crippen LogP contribution in [0.15, 0.2) is 24.3 Å². The summed E-state index contributed by atoms with van der Waals surface area (Å²) in [6, 6.07) is 6.54. The first-order valence-electron chi connectivity index (χ1n) is 5.48. The largest absolute Gasteiger partial charge is 0.480 e. The molecule has 2 rings (SSSR count). The monoisotopic (exact) mass is 234 g/mol. The van der Waals surface area contributed by atoms with Gasteiger partial charge in [0.1, 0.15) is 6.04 Å². The molecule has 1 heterocycles. The fourth-order valence-electron chi connectivity index (χ4n) is 2.19. The summed E-state index contributed by atoms with van der Waals surface area (Å²) in [6.45, 7) is -0.182. The Bertz CT molecular complexity index is 459. The molecule has 90 valence electrons. The van der Waals surface area contributed by atoms with Crippen LogP contribution >= 0.6 is 0 Å². The SMILES string of the molecule is NCC(=O)N1c2ccccc2CCC1C(=O)O. The van der Waals surface area contributed by atoms with Crippen molar-refractivity contribution in [3.63, 3.8) is 0 Å². The zero-order valence-corrected chi connectivity index (χ0v) is 9.30. The van der Waals surface area contributed by atoms with E-state index in [0.717, 1.165) is 5.56 Å². The highest BCUT2D eigenvalue weighted by molar-refractivity contribution is 6.01. The average molecular weight is 234 g/mol. The lowest BCUT2D eigenvalue weighted by atomic mass is 9.95. The van der Waals surface area contributed by atoms with Crippen molar-refractivity contribution in [1.29, 1.82) is 0 Å². The predicted molar refractivity (Wildman–Crippen MR) is 62.7 cm³/mol. The molecule has 1 aliphatic heterocycles. The van der Waals surface area contributed by atoms with Crippen LogP contribution in [0.1, 0.15) is 12.0 Å². The Morgan fingerprint density at radius 2 is 2.12 bits per heavy atom. The molecule has 0 saturated carbocycles. The number of nitrogens with zero attached hydrogens (tertiary/aromatic N) is 1. The van der Waals surface area contributed by atoms with Gasteiger partial charge in [-0.2, -0.15) is 0 Å². The van der Waals surface area contributed by atoms with Crippen LogP contribution in [0.4, 0.5) is 5.69 Å². The number of aryl methyl sites for hydroxylation is 1. The van der Waals surface area contributed by atoms with Crippen LogP contribution in [0.2, 0.25) is 0 Å². The second-order valence-electron chi connectivity index (χ2n) is 3.99. The van der Waals surface area contributed by atoms with Gasteiger partial charge in [0.15, 0.2) is 0 Å².